The van der Waals surface area contributed by atoms with Crippen molar-refractivity contribution in [3.63, 3.8) is 0 Å². The summed E-state index contributed by atoms with van der Waals surface area (Å²) in [6.45, 7) is 12.5. The zero-order valence-electron chi connectivity index (χ0n) is 15.7. The molecule has 8 heteroatoms. The van der Waals surface area contributed by atoms with Gasteiger partial charge in [-0.2, -0.15) is 0 Å². The molecule has 1 atom stereocenters. The molecule has 0 aromatic carbocycles. The molecule has 140 valence electrons. The fourth-order valence-electron chi connectivity index (χ4n) is 2.18. The number of ether oxygens (including phenoxy) is 2. The summed E-state index contributed by atoms with van der Waals surface area (Å²) >= 11 is 0. The summed E-state index contributed by atoms with van der Waals surface area (Å²) in [5, 5.41) is 0. The van der Waals surface area contributed by atoms with E-state index in [1.54, 1.807) is 13.8 Å². The van der Waals surface area contributed by atoms with Crippen LogP contribution in [0.2, 0.25) is 19.6 Å². The summed E-state index contributed by atoms with van der Waals surface area (Å²) in [4.78, 5) is 36.9. The minimum atomic E-state index is -1.75. The molecule has 0 rings (SSSR count). The minimum Gasteiger partial charge on any atom is -0.466 e. The van der Waals surface area contributed by atoms with Gasteiger partial charge in [-0.05, 0) is 40.4 Å². The Hall–Kier alpha value is -1.41. The van der Waals surface area contributed by atoms with E-state index in [0.29, 0.717) is 13.2 Å². The predicted octanol–water partition coefficient (Wildman–Crippen LogP) is 1.96. The van der Waals surface area contributed by atoms with Crippen LogP contribution in [0.1, 0.15) is 33.6 Å². The minimum absolute atomic E-state index is 0.0854. The molecule has 0 heterocycles. The van der Waals surface area contributed by atoms with Crippen molar-refractivity contribution in [2.24, 2.45) is 0 Å². The molecular weight excluding hydrogens is 330 g/mol. The molecule has 0 aliphatic carbocycles. The molecule has 0 bridgehead atoms. The van der Waals surface area contributed by atoms with Gasteiger partial charge in [0.25, 0.3) is 0 Å². The van der Waals surface area contributed by atoms with Gasteiger partial charge in [0.15, 0.2) is 8.32 Å². The van der Waals surface area contributed by atoms with Crippen LogP contribution in [0, 0.1) is 0 Å². The van der Waals surface area contributed by atoms with Crippen LogP contribution in [0.3, 0.4) is 0 Å². The average Bonchev–Trinajstić information content (AvgIpc) is 2.41. The zero-order valence-corrected chi connectivity index (χ0v) is 16.7. The lowest BCUT2D eigenvalue weighted by Crippen LogP contribution is -2.43. The van der Waals surface area contributed by atoms with Crippen molar-refractivity contribution in [2.75, 3.05) is 26.3 Å². The predicted molar refractivity (Wildman–Crippen MR) is 93.0 cm³/mol. The van der Waals surface area contributed by atoms with Gasteiger partial charge >= 0.3 is 11.9 Å². The number of amides is 1. The van der Waals surface area contributed by atoms with Crippen molar-refractivity contribution in [3.8, 4) is 0 Å². The molecule has 0 N–H and O–H groups in total. The third kappa shape index (κ3) is 11.2. The summed E-state index contributed by atoms with van der Waals surface area (Å²) in [6.07, 6.45) is -0.428. The SMILES string of the molecule is CCOC(=O)CCN(C[C@@H](C)O[Si](C)(C)C)C(=O)CC(=O)OCC. The summed E-state index contributed by atoms with van der Waals surface area (Å²) in [6, 6.07) is 0. The van der Waals surface area contributed by atoms with Crippen molar-refractivity contribution >= 4 is 26.2 Å². The number of carbonyl (C=O) groups is 3. The van der Waals surface area contributed by atoms with Crippen LogP contribution in [0.4, 0.5) is 0 Å². The highest BCUT2D eigenvalue weighted by Gasteiger charge is 2.24. The molecule has 0 aromatic heterocycles. The molecule has 0 unspecified atom stereocenters. The Balaban J connectivity index is 4.77. The maximum Gasteiger partial charge on any atom is 0.315 e. The maximum absolute atomic E-state index is 12.3. The van der Waals surface area contributed by atoms with Crippen LogP contribution in [-0.2, 0) is 28.3 Å². The zero-order chi connectivity index (χ0) is 18.8. The van der Waals surface area contributed by atoms with Gasteiger partial charge in [-0.15, -0.1) is 0 Å². The topological polar surface area (TPSA) is 82.1 Å². The summed E-state index contributed by atoms with van der Waals surface area (Å²) in [7, 11) is -1.75. The van der Waals surface area contributed by atoms with E-state index in [-0.39, 0.29) is 44.0 Å². The van der Waals surface area contributed by atoms with Gasteiger partial charge in [0, 0.05) is 13.1 Å². The molecule has 0 aliphatic rings. The molecule has 0 spiro atoms. The van der Waals surface area contributed by atoms with E-state index in [1.807, 2.05) is 6.92 Å². The lowest BCUT2D eigenvalue weighted by molar-refractivity contribution is -0.149. The quantitative estimate of drug-likeness (QED) is 0.318. The third-order valence-electron chi connectivity index (χ3n) is 2.88. The Morgan fingerprint density at radius 2 is 1.54 bits per heavy atom. The normalized spacial score (nSPS) is 12.4. The Morgan fingerprint density at radius 1 is 1.00 bits per heavy atom. The largest absolute Gasteiger partial charge is 0.466 e. The van der Waals surface area contributed by atoms with E-state index in [9.17, 15) is 14.4 Å². The number of nitrogens with zero attached hydrogens (tertiary/aromatic N) is 1. The Bertz CT molecular complexity index is 421. The van der Waals surface area contributed by atoms with Gasteiger partial charge in [-0.25, -0.2) is 0 Å². The standard InChI is InChI=1S/C16H31NO6Si/c1-7-21-15(19)9-10-17(12-13(3)23-24(4,5)6)14(18)11-16(20)22-8-2/h13H,7-12H2,1-6H3/t13-/m1/s1. The number of hydrogen-bond acceptors (Lipinski definition) is 6. The molecule has 0 radical (unpaired) electrons. The van der Waals surface area contributed by atoms with E-state index in [1.165, 1.54) is 4.90 Å². The summed E-state index contributed by atoms with van der Waals surface area (Å²) < 4.78 is 15.6. The average molecular weight is 362 g/mol. The van der Waals surface area contributed by atoms with E-state index in [2.05, 4.69) is 19.6 Å². The number of rotatable bonds is 11. The van der Waals surface area contributed by atoms with Gasteiger partial charge in [0.2, 0.25) is 5.91 Å². The second-order valence-corrected chi connectivity index (χ2v) is 10.9. The highest BCUT2D eigenvalue weighted by Crippen LogP contribution is 2.10. The van der Waals surface area contributed by atoms with Crippen LogP contribution < -0.4 is 0 Å². The van der Waals surface area contributed by atoms with E-state index in [4.69, 9.17) is 13.9 Å². The first-order valence-corrected chi connectivity index (χ1v) is 11.8. The Labute approximate surface area is 145 Å². The molecular formula is C16H31NO6Si. The Kier molecular flexibility index (Phi) is 10.5. The Morgan fingerprint density at radius 3 is 2.04 bits per heavy atom. The van der Waals surface area contributed by atoms with Gasteiger partial charge in [0.05, 0.1) is 25.7 Å². The van der Waals surface area contributed by atoms with Crippen LogP contribution in [0.15, 0.2) is 0 Å². The molecule has 0 aromatic rings. The molecule has 0 aliphatic heterocycles. The lowest BCUT2D eigenvalue weighted by atomic mass is 10.2. The lowest BCUT2D eigenvalue weighted by Gasteiger charge is -2.29. The third-order valence-corrected chi connectivity index (χ3v) is 3.99. The van der Waals surface area contributed by atoms with Crippen molar-refractivity contribution in [1.82, 2.24) is 4.90 Å². The van der Waals surface area contributed by atoms with Crippen LogP contribution in [-0.4, -0.2) is 63.5 Å². The van der Waals surface area contributed by atoms with Gasteiger partial charge in [-0.3, -0.25) is 14.4 Å². The van der Waals surface area contributed by atoms with E-state index >= 15 is 0 Å². The van der Waals surface area contributed by atoms with Crippen LogP contribution in [0.25, 0.3) is 0 Å². The number of esters is 2. The maximum atomic E-state index is 12.3. The smallest absolute Gasteiger partial charge is 0.315 e. The first-order valence-electron chi connectivity index (χ1n) is 8.35. The van der Waals surface area contributed by atoms with E-state index in [0.717, 1.165) is 0 Å². The summed E-state index contributed by atoms with van der Waals surface area (Å²) in [5.74, 6) is -1.31. The number of carbonyl (C=O) groups excluding carboxylic acids is 3. The first-order chi connectivity index (χ1) is 11.1. The van der Waals surface area contributed by atoms with Gasteiger partial charge in [0.1, 0.15) is 6.42 Å². The molecule has 24 heavy (non-hydrogen) atoms. The van der Waals surface area contributed by atoms with E-state index < -0.39 is 14.3 Å². The van der Waals surface area contributed by atoms with Crippen molar-refractivity contribution in [2.45, 2.75) is 59.4 Å². The van der Waals surface area contributed by atoms with Crippen molar-refractivity contribution in [1.29, 1.82) is 0 Å². The number of hydrogen-bond donors (Lipinski definition) is 0. The monoisotopic (exact) mass is 361 g/mol. The fraction of sp³-hybridized carbons (Fsp3) is 0.812. The highest BCUT2D eigenvalue weighted by atomic mass is 28.4. The second-order valence-electron chi connectivity index (χ2n) is 6.42. The van der Waals surface area contributed by atoms with Gasteiger partial charge in [-0.1, -0.05) is 0 Å². The molecule has 7 nitrogen and oxygen atoms in total. The van der Waals surface area contributed by atoms with Gasteiger partial charge < -0.3 is 18.8 Å². The fourth-order valence-corrected chi connectivity index (χ4v) is 3.46. The molecule has 0 fully saturated rings. The molecule has 0 saturated carbocycles. The van der Waals surface area contributed by atoms with Crippen LogP contribution in [0.5, 0.6) is 0 Å². The second kappa shape index (κ2) is 11.2. The summed E-state index contributed by atoms with van der Waals surface area (Å²) in [5.41, 5.74) is 0. The first kappa shape index (κ1) is 22.6. The van der Waals surface area contributed by atoms with Crippen molar-refractivity contribution < 1.29 is 28.3 Å². The molecule has 0 saturated heterocycles. The van der Waals surface area contributed by atoms with Crippen LogP contribution >= 0.6 is 0 Å². The molecule has 1 amide bonds. The highest BCUT2D eigenvalue weighted by molar-refractivity contribution is 6.69. The van der Waals surface area contributed by atoms with Crippen molar-refractivity contribution in [3.05, 3.63) is 0 Å².